The molecule has 0 atom stereocenters. The summed E-state index contributed by atoms with van der Waals surface area (Å²) in [6, 6.07) is 4.47. The van der Waals surface area contributed by atoms with Crippen molar-refractivity contribution in [3.05, 3.63) is 50.5 Å². The first kappa shape index (κ1) is 13.2. The highest BCUT2D eigenvalue weighted by Crippen LogP contribution is 2.24. The summed E-state index contributed by atoms with van der Waals surface area (Å²) < 4.78 is 1.54. The van der Waals surface area contributed by atoms with E-state index in [1.807, 2.05) is 0 Å². The molecule has 2 rings (SSSR count). The number of nitro benzene ring substituents is 1. The third kappa shape index (κ3) is 2.76. The predicted octanol–water partition coefficient (Wildman–Crippen LogP) is 2.34. The van der Waals surface area contributed by atoms with E-state index in [0.717, 1.165) is 0 Å². The maximum Gasteiger partial charge on any atom is 0.288 e. The van der Waals surface area contributed by atoms with Gasteiger partial charge in [0.25, 0.3) is 5.69 Å². The average Bonchev–Trinajstić information content (AvgIpc) is 2.68. The van der Waals surface area contributed by atoms with Crippen LogP contribution in [0, 0.1) is 24.0 Å². The Morgan fingerprint density at radius 3 is 2.58 bits per heavy atom. The molecule has 1 heterocycles. The molecule has 0 N–H and O–H groups in total. The number of hydrogen-bond acceptors (Lipinski definition) is 5. The summed E-state index contributed by atoms with van der Waals surface area (Å²) >= 11 is 5.73. The van der Waals surface area contributed by atoms with Gasteiger partial charge in [0.15, 0.2) is 11.6 Å². The fourth-order valence-corrected chi connectivity index (χ4v) is 1.69. The van der Waals surface area contributed by atoms with E-state index in [2.05, 4.69) is 15.3 Å². The van der Waals surface area contributed by atoms with Crippen molar-refractivity contribution in [2.75, 3.05) is 0 Å². The lowest BCUT2D eigenvalue weighted by molar-refractivity contribution is -0.384. The summed E-state index contributed by atoms with van der Waals surface area (Å²) in [5.74, 6) is 1.27. The Balaban J connectivity index is 2.34. The molecular formula is C11H10ClN5O2. The highest BCUT2D eigenvalue weighted by molar-refractivity contribution is 6.32. The molecule has 7 nitrogen and oxygen atoms in total. The molecule has 1 aromatic carbocycles. The van der Waals surface area contributed by atoms with E-state index in [-0.39, 0.29) is 10.7 Å². The lowest BCUT2D eigenvalue weighted by Crippen LogP contribution is -1.97. The lowest BCUT2D eigenvalue weighted by atomic mass is 10.2. The number of aromatic nitrogens is 3. The fraction of sp³-hybridized carbons (Fsp3) is 0.182. The molecule has 0 unspecified atom stereocenters. The number of nitro groups is 1. The summed E-state index contributed by atoms with van der Waals surface area (Å²) in [4.78, 5) is 10.2. The number of halogens is 1. The van der Waals surface area contributed by atoms with Crippen LogP contribution in [0.1, 0.15) is 17.2 Å². The SMILES string of the molecule is Cc1nnc(C)n1/N=C\c1ccc(Cl)c([N+](=O)[O-])c1. The molecule has 2 aromatic rings. The van der Waals surface area contributed by atoms with E-state index < -0.39 is 4.92 Å². The average molecular weight is 280 g/mol. The van der Waals surface area contributed by atoms with Gasteiger partial charge in [-0.1, -0.05) is 17.7 Å². The topological polar surface area (TPSA) is 86.2 Å². The summed E-state index contributed by atoms with van der Waals surface area (Å²) in [6.45, 7) is 3.53. The highest BCUT2D eigenvalue weighted by atomic mass is 35.5. The standard InChI is InChI=1S/C11H10ClN5O2/c1-7-14-15-8(2)16(7)13-6-9-3-4-10(12)11(5-9)17(18)19/h3-6H,1-2H3/b13-6-. The Morgan fingerprint density at radius 1 is 1.37 bits per heavy atom. The zero-order valence-electron chi connectivity index (χ0n) is 10.2. The van der Waals surface area contributed by atoms with Crippen molar-refractivity contribution in [3.8, 4) is 0 Å². The molecule has 0 fully saturated rings. The number of aryl methyl sites for hydroxylation is 2. The van der Waals surface area contributed by atoms with Crippen molar-refractivity contribution < 1.29 is 4.92 Å². The third-order valence-electron chi connectivity index (χ3n) is 2.44. The van der Waals surface area contributed by atoms with E-state index in [9.17, 15) is 10.1 Å². The zero-order chi connectivity index (χ0) is 14.0. The first-order valence-electron chi connectivity index (χ1n) is 5.36. The van der Waals surface area contributed by atoms with E-state index in [1.54, 1.807) is 24.6 Å². The van der Waals surface area contributed by atoms with Crippen LogP contribution in [0.4, 0.5) is 5.69 Å². The maximum absolute atomic E-state index is 10.8. The summed E-state index contributed by atoms with van der Waals surface area (Å²) in [5, 5.41) is 22.7. The molecule has 0 radical (unpaired) electrons. The quantitative estimate of drug-likeness (QED) is 0.490. The van der Waals surface area contributed by atoms with Gasteiger partial charge in [0.1, 0.15) is 5.02 Å². The minimum absolute atomic E-state index is 0.0961. The van der Waals surface area contributed by atoms with Gasteiger partial charge in [-0.3, -0.25) is 10.1 Å². The van der Waals surface area contributed by atoms with Gasteiger partial charge in [-0.25, -0.2) is 4.68 Å². The van der Waals surface area contributed by atoms with Crippen LogP contribution in [-0.2, 0) is 0 Å². The van der Waals surface area contributed by atoms with Crippen molar-refractivity contribution in [2.45, 2.75) is 13.8 Å². The molecule has 8 heteroatoms. The van der Waals surface area contributed by atoms with E-state index >= 15 is 0 Å². The molecule has 0 bridgehead atoms. The number of hydrogen-bond donors (Lipinski definition) is 0. The van der Waals surface area contributed by atoms with Crippen LogP contribution in [0.5, 0.6) is 0 Å². The molecule has 0 saturated carbocycles. The van der Waals surface area contributed by atoms with Gasteiger partial charge in [-0.2, -0.15) is 5.10 Å². The van der Waals surface area contributed by atoms with E-state index in [0.29, 0.717) is 17.2 Å². The van der Waals surface area contributed by atoms with Gasteiger partial charge in [-0.05, 0) is 19.9 Å². The van der Waals surface area contributed by atoms with Gasteiger partial charge in [0.2, 0.25) is 0 Å². The molecular weight excluding hydrogens is 270 g/mol. The number of rotatable bonds is 3. The van der Waals surface area contributed by atoms with E-state index in [1.165, 1.54) is 18.3 Å². The molecule has 1 aromatic heterocycles. The summed E-state index contributed by atoms with van der Waals surface area (Å²) in [6.07, 6.45) is 1.49. The highest BCUT2D eigenvalue weighted by Gasteiger charge is 2.12. The first-order chi connectivity index (χ1) is 8.99. The maximum atomic E-state index is 10.8. The van der Waals surface area contributed by atoms with Gasteiger partial charge in [-0.15, -0.1) is 10.2 Å². The largest absolute Gasteiger partial charge is 0.288 e. The Bertz CT molecular complexity index is 646. The number of nitrogens with zero attached hydrogens (tertiary/aromatic N) is 5. The lowest BCUT2D eigenvalue weighted by Gasteiger charge is -1.99. The van der Waals surface area contributed by atoms with Gasteiger partial charge in [0.05, 0.1) is 11.1 Å². The van der Waals surface area contributed by atoms with Crippen LogP contribution in [0.2, 0.25) is 5.02 Å². The zero-order valence-corrected chi connectivity index (χ0v) is 11.0. The molecule has 0 aliphatic carbocycles. The Hall–Kier alpha value is -2.28. The van der Waals surface area contributed by atoms with Gasteiger partial charge < -0.3 is 0 Å². The molecule has 0 saturated heterocycles. The van der Waals surface area contributed by atoms with Gasteiger partial charge >= 0.3 is 0 Å². The van der Waals surface area contributed by atoms with Gasteiger partial charge in [0, 0.05) is 11.6 Å². The van der Waals surface area contributed by atoms with Crippen molar-refractivity contribution >= 4 is 23.5 Å². The fourth-order valence-electron chi connectivity index (χ4n) is 1.51. The molecule has 19 heavy (non-hydrogen) atoms. The second-order valence-electron chi connectivity index (χ2n) is 3.82. The summed E-state index contributed by atoms with van der Waals surface area (Å²) in [7, 11) is 0. The van der Waals surface area contributed by atoms with Crippen molar-refractivity contribution in [1.29, 1.82) is 0 Å². The molecule has 98 valence electrons. The Morgan fingerprint density at radius 2 is 2.00 bits per heavy atom. The molecule has 0 aliphatic rings. The second kappa shape index (κ2) is 5.15. The smallest absolute Gasteiger partial charge is 0.258 e. The molecule has 0 amide bonds. The van der Waals surface area contributed by atoms with Crippen molar-refractivity contribution in [3.63, 3.8) is 0 Å². The normalized spacial score (nSPS) is 11.1. The second-order valence-corrected chi connectivity index (χ2v) is 4.23. The van der Waals surface area contributed by atoms with Crippen molar-refractivity contribution in [2.24, 2.45) is 5.10 Å². The van der Waals surface area contributed by atoms with Crippen LogP contribution < -0.4 is 0 Å². The van der Waals surface area contributed by atoms with Crippen LogP contribution in [-0.4, -0.2) is 26.0 Å². The minimum Gasteiger partial charge on any atom is -0.258 e. The Labute approximate surface area is 113 Å². The van der Waals surface area contributed by atoms with Crippen LogP contribution in [0.3, 0.4) is 0 Å². The third-order valence-corrected chi connectivity index (χ3v) is 2.76. The van der Waals surface area contributed by atoms with E-state index in [4.69, 9.17) is 11.6 Å². The van der Waals surface area contributed by atoms with Crippen LogP contribution in [0.25, 0.3) is 0 Å². The Kier molecular flexibility index (Phi) is 3.57. The predicted molar refractivity (Wildman–Crippen MR) is 70.6 cm³/mol. The van der Waals surface area contributed by atoms with Crippen LogP contribution >= 0.6 is 11.6 Å². The van der Waals surface area contributed by atoms with Crippen LogP contribution in [0.15, 0.2) is 23.3 Å². The monoisotopic (exact) mass is 279 g/mol. The summed E-state index contributed by atoms with van der Waals surface area (Å²) in [5.41, 5.74) is 0.423. The molecule has 0 spiro atoms. The van der Waals surface area contributed by atoms with Crippen molar-refractivity contribution in [1.82, 2.24) is 14.9 Å². The minimum atomic E-state index is -0.533. The molecule has 0 aliphatic heterocycles. The first-order valence-corrected chi connectivity index (χ1v) is 5.74. The number of benzene rings is 1.